The normalized spacial score (nSPS) is 13.7. The fourth-order valence-corrected chi connectivity index (χ4v) is 3.53. The lowest BCUT2D eigenvalue weighted by atomic mass is 10.3. The fourth-order valence-electron chi connectivity index (χ4n) is 2.83. The number of urea groups is 1. The molecule has 9 nitrogen and oxygen atoms in total. The van der Waals surface area contributed by atoms with Gasteiger partial charge in [-0.15, -0.1) is 11.3 Å². The number of carbonyl (C=O) groups is 3. The monoisotopic (exact) mass is 435 g/mol. The minimum atomic E-state index is -0.379. The molecule has 30 heavy (non-hydrogen) atoms. The van der Waals surface area contributed by atoms with Crippen molar-refractivity contribution in [2.75, 3.05) is 43.4 Å². The Bertz CT molecular complexity index is 897. The molecule has 1 fully saturated rings. The molecule has 0 saturated carbocycles. The quantitative estimate of drug-likeness (QED) is 0.752. The van der Waals surface area contributed by atoms with Crippen LogP contribution in [0.3, 0.4) is 0 Å². The average Bonchev–Trinajstić information content (AvgIpc) is 3.16. The van der Waals surface area contributed by atoms with Crippen molar-refractivity contribution in [3.05, 3.63) is 41.2 Å². The van der Waals surface area contributed by atoms with Crippen LogP contribution in [0.25, 0.3) is 0 Å². The zero-order chi connectivity index (χ0) is 21.5. The SMILES string of the molecule is CCOC(=O)N1CCN(C(=O)Nc2nc(CC(=O)Nc3ccc(F)cc3)cs2)CC1. The van der Waals surface area contributed by atoms with E-state index in [4.69, 9.17) is 4.74 Å². The number of amides is 4. The number of benzene rings is 1. The number of halogens is 1. The lowest BCUT2D eigenvalue weighted by Crippen LogP contribution is -2.51. The summed E-state index contributed by atoms with van der Waals surface area (Å²) in [5, 5.41) is 7.46. The molecular weight excluding hydrogens is 413 g/mol. The van der Waals surface area contributed by atoms with Crippen molar-refractivity contribution in [3.8, 4) is 0 Å². The van der Waals surface area contributed by atoms with Crippen molar-refractivity contribution in [1.82, 2.24) is 14.8 Å². The van der Waals surface area contributed by atoms with Gasteiger partial charge in [-0.05, 0) is 31.2 Å². The van der Waals surface area contributed by atoms with Gasteiger partial charge in [-0.2, -0.15) is 0 Å². The summed E-state index contributed by atoms with van der Waals surface area (Å²) in [5.41, 5.74) is 1.01. The number of piperazine rings is 1. The molecule has 0 radical (unpaired) electrons. The fraction of sp³-hybridized carbons (Fsp3) is 0.368. The summed E-state index contributed by atoms with van der Waals surface area (Å²) in [6, 6.07) is 5.16. The highest BCUT2D eigenvalue weighted by atomic mass is 32.1. The standard InChI is InChI=1S/C19H22FN5O4S/c1-2-29-19(28)25-9-7-24(8-10-25)18(27)23-17-22-15(12-30-17)11-16(26)21-14-5-3-13(20)4-6-14/h3-6,12H,2,7-11H2,1H3,(H,21,26)(H,22,23,27). The topological polar surface area (TPSA) is 104 Å². The van der Waals surface area contributed by atoms with E-state index in [0.717, 1.165) is 0 Å². The number of carbonyl (C=O) groups excluding carboxylic acids is 3. The lowest BCUT2D eigenvalue weighted by molar-refractivity contribution is -0.115. The van der Waals surface area contributed by atoms with Gasteiger partial charge in [0.1, 0.15) is 5.82 Å². The largest absolute Gasteiger partial charge is 0.450 e. The van der Waals surface area contributed by atoms with Crippen LogP contribution in [0.15, 0.2) is 29.6 Å². The Morgan fingerprint density at radius 2 is 1.77 bits per heavy atom. The van der Waals surface area contributed by atoms with Gasteiger partial charge in [0.15, 0.2) is 5.13 Å². The Kier molecular flexibility index (Phi) is 7.17. The first-order valence-electron chi connectivity index (χ1n) is 9.42. The minimum Gasteiger partial charge on any atom is -0.450 e. The Labute approximate surface area is 176 Å². The van der Waals surface area contributed by atoms with E-state index in [1.54, 1.807) is 22.1 Å². The summed E-state index contributed by atoms with van der Waals surface area (Å²) in [5.74, 6) is -0.671. The van der Waals surface area contributed by atoms with Crippen LogP contribution < -0.4 is 10.6 Å². The molecule has 1 aromatic heterocycles. The van der Waals surface area contributed by atoms with E-state index in [1.807, 2.05) is 0 Å². The van der Waals surface area contributed by atoms with E-state index in [2.05, 4.69) is 15.6 Å². The maximum atomic E-state index is 12.9. The van der Waals surface area contributed by atoms with Crippen LogP contribution in [0, 0.1) is 5.82 Å². The molecule has 4 amide bonds. The van der Waals surface area contributed by atoms with Crippen LogP contribution in [0.2, 0.25) is 0 Å². The summed E-state index contributed by atoms with van der Waals surface area (Å²) in [6.07, 6.45) is -0.344. The molecule has 0 aliphatic carbocycles. The van der Waals surface area contributed by atoms with Gasteiger partial charge in [0, 0.05) is 37.2 Å². The van der Waals surface area contributed by atoms with Crippen molar-refractivity contribution in [2.45, 2.75) is 13.3 Å². The highest BCUT2D eigenvalue weighted by Gasteiger charge is 2.25. The van der Waals surface area contributed by atoms with Crippen molar-refractivity contribution < 1.29 is 23.5 Å². The first-order chi connectivity index (χ1) is 14.4. The van der Waals surface area contributed by atoms with Crippen molar-refractivity contribution in [1.29, 1.82) is 0 Å². The predicted octanol–water partition coefficient (Wildman–Crippen LogP) is 2.77. The van der Waals surface area contributed by atoms with E-state index >= 15 is 0 Å². The second-order valence-corrected chi connectivity index (χ2v) is 7.34. The number of hydrogen-bond acceptors (Lipinski definition) is 6. The van der Waals surface area contributed by atoms with E-state index in [1.165, 1.54) is 35.6 Å². The number of thiazole rings is 1. The molecule has 2 aromatic rings. The van der Waals surface area contributed by atoms with Crippen molar-refractivity contribution >= 4 is 40.2 Å². The maximum Gasteiger partial charge on any atom is 0.409 e. The third kappa shape index (κ3) is 5.89. The van der Waals surface area contributed by atoms with Crippen LogP contribution in [0.4, 0.5) is 24.8 Å². The van der Waals surface area contributed by atoms with Gasteiger partial charge < -0.3 is 19.9 Å². The summed E-state index contributed by atoms with van der Waals surface area (Å²) in [4.78, 5) is 43.6. The van der Waals surface area contributed by atoms with E-state index in [9.17, 15) is 18.8 Å². The number of hydrogen-bond donors (Lipinski definition) is 2. The molecular formula is C19H22FN5O4S. The number of nitrogens with one attached hydrogen (secondary N) is 2. The van der Waals surface area contributed by atoms with Gasteiger partial charge in [0.05, 0.1) is 18.7 Å². The van der Waals surface area contributed by atoms with Gasteiger partial charge in [-0.25, -0.2) is 19.0 Å². The summed E-state index contributed by atoms with van der Waals surface area (Å²) < 4.78 is 17.9. The molecule has 0 unspecified atom stereocenters. The van der Waals surface area contributed by atoms with Crippen LogP contribution in [-0.2, 0) is 16.0 Å². The number of aromatic nitrogens is 1. The molecule has 160 valence electrons. The average molecular weight is 435 g/mol. The number of rotatable bonds is 5. The van der Waals surface area contributed by atoms with Crippen LogP contribution in [0.1, 0.15) is 12.6 Å². The first-order valence-corrected chi connectivity index (χ1v) is 10.3. The highest BCUT2D eigenvalue weighted by Crippen LogP contribution is 2.18. The molecule has 0 atom stereocenters. The van der Waals surface area contributed by atoms with Gasteiger partial charge in [0.2, 0.25) is 5.91 Å². The summed E-state index contributed by atoms with van der Waals surface area (Å²) >= 11 is 1.22. The minimum absolute atomic E-state index is 0.0297. The second-order valence-electron chi connectivity index (χ2n) is 6.48. The molecule has 1 aromatic carbocycles. The molecule has 11 heteroatoms. The molecule has 2 N–H and O–H groups in total. The molecule has 2 heterocycles. The van der Waals surface area contributed by atoms with Gasteiger partial charge in [0.25, 0.3) is 0 Å². The number of anilines is 2. The van der Waals surface area contributed by atoms with Crippen LogP contribution >= 0.6 is 11.3 Å². The third-order valence-electron chi connectivity index (χ3n) is 4.33. The number of nitrogens with zero attached hydrogens (tertiary/aromatic N) is 3. The third-order valence-corrected chi connectivity index (χ3v) is 5.13. The zero-order valence-electron chi connectivity index (χ0n) is 16.4. The number of ether oxygens (including phenoxy) is 1. The molecule has 1 aliphatic heterocycles. The van der Waals surface area contributed by atoms with Crippen LogP contribution in [-0.4, -0.2) is 65.6 Å². The van der Waals surface area contributed by atoms with Crippen molar-refractivity contribution in [2.24, 2.45) is 0 Å². The second kappa shape index (κ2) is 10.0. The van der Waals surface area contributed by atoms with Gasteiger partial charge >= 0.3 is 12.1 Å². The Morgan fingerprint density at radius 1 is 1.10 bits per heavy atom. The summed E-state index contributed by atoms with van der Waals surface area (Å²) in [7, 11) is 0. The Balaban J connectivity index is 1.46. The Hall–Kier alpha value is -3.21. The Morgan fingerprint density at radius 3 is 2.43 bits per heavy atom. The highest BCUT2D eigenvalue weighted by molar-refractivity contribution is 7.13. The first kappa shape index (κ1) is 21.5. The van der Waals surface area contributed by atoms with Gasteiger partial charge in [-0.1, -0.05) is 0 Å². The van der Waals surface area contributed by atoms with E-state index in [0.29, 0.717) is 49.3 Å². The van der Waals surface area contributed by atoms with E-state index in [-0.39, 0.29) is 30.3 Å². The molecule has 1 aliphatic rings. The zero-order valence-corrected chi connectivity index (χ0v) is 17.2. The lowest BCUT2D eigenvalue weighted by Gasteiger charge is -2.33. The molecule has 3 rings (SSSR count). The molecule has 1 saturated heterocycles. The molecule has 0 bridgehead atoms. The molecule has 0 spiro atoms. The van der Waals surface area contributed by atoms with Crippen molar-refractivity contribution in [3.63, 3.8) is 0 Å². The maximum absolute atomic E-state index is 12.9. The van der Waals surface area contributed by atoms with Gasteiger partial charge in [-0.3, -0.25) is 10.1 Å². The van der Waals surface area contributed by atoms with E-state index < -0.39 is 0 Å². The van der Waals surface area contributed by atoms with Crippen LogP contribution in [0.5, 0.6) is 0 Å². The smallest absolute Gasteiger partial charge is 0.409 e. The summed E-state index contributed by atoms with van der Waals surface area (Å²) in [6.45, 7) is 3.65. The predicted molar refractivity (Wildman–Crippen MR) is 110 cm³/mol.